The van der Waals surface area contributed by atoms with E-state index in [4.69, 9.17) is 5.11 Å². The van der Waals surface area contributed by atoms with Gasteiger partial charge in [-0.25, -0.2) is 0 Å². The molecule has 11 heavy (non-hydrogen) atoms. The Morgan fingerprint density at radius 3 is 2.64 bits per heavy atom. The Morgan fingerprint density at radius 2 is 2.27 bits per heavy atom. The maximum atomic E-state index is 11.1. The van der Waals surface area contributed by atoms with Crippen LogP contribution >= 0.6 is 0 Å². The van der Waals surface area contributed by atoms with Crippen LogP contribution in [0.4, 0.5) is 0 Å². The second-order valence-electron chi connectivity index (χ2n) is 2.48. The number of rotatable bonds is 3. The third-order valence-corrected chi connectivity index (χ3v) is 1.58. The van der Waals surface area contributed by atoms with E-state index in [-0.39, 0.29) is 18.6 Å². The van der Waals surface area contributed by atoms with Gasteiger partial charge in [-0.2, -0.15) is 0 Å². The Balaban J connectivity index is 4.01. The van der Waals surface area contributed by atoms with E-state index in [1.165, 1.54) is 11.0 Å². The number of hydrogen-bond donors (Lipinski definition) is 1. The van der Waals surface area contributed by atoms with E-state index in [2.05, 4.69) is 0 Å². The molecule has 3 nitrogen and oxygen atoms in total. The largest absolute Gasteiger partial charge is 0.394 e. The zero-order valence-corrected chi connectivity index (χ0v) is 7.24. The number of hydrogen-bond acceptors (Lipinski definition) is 2. The van der Waals surface area contributed by atoms with Crippen LogP contribution in [0.2, 0.25) is 0 Å². The molecule has 0 aliphatic heterocycles. The number of allylic oxidation sites excluding steroid dienone is 1. The predicted molar refractivity (Wildman–Crippen MR) is 44.1 cm³/mol. The van der Waals surface area contributed by atoms with E-state index in [1.54, 1.807) is 27.0 Å². The van der Waals surface area contributed by atoms with Crippen molar-refractivity contribution in [3.05, 3.63) is 12.2 Å². The molecule has 1 N–H and O–H groups in total. The van der Waals surface area contributed by atoms with E-state index in [0.29, 0.717) is 0 Å². The molecule has 0 aromatic carbocycles. The highest BCUT2D eigenvalue weighted by molar-refractivity contribution is 5.87. The molecular weight excluding hydrogens is 142 g/mol. The van der Waals surface area contributed by atoms with Crippen molar-refractivity contribution in [1.82, 2.24) is 4.90 Å². The summed E-state index contributed by atoms with van der Waals surface area (Å²) in [5.74, 6) is -0.0750. The molecule has 0 aromatic heterocycles. The summed E-state index contributed by atoms with van der Waals surface area (Å²) in [7, 11) is 1.67. The molecule has 0 rings (SSSR count). The van der Waals surface area contributed by atoms with Crippen LogP contribution in [0.1, 0.15) is 13.8 Å². The molecule has 3 heteroatoms. The quantitative estimate of drug-likeness (QED) is 0.602. The van der Waals surface area contributed by atoms with Gasteiger partial charge in [0.1, 0.15) is 0 Å². The van der Waals surface area contributed by atoms with Gasteiger partial charge in [-0.05, 0) is 19.9 Å². The summed E-state index contributed by atoms with van der Waals surface area (Å²) < 4.78 is 0. The van der Waals surface area contributed by atoms with Gasteiger partial charge in [0.2, 0.25) is 5.91 Å². The van der Waals surface area contributed by atoms with Crippen molar-refractivity contribution < 1.29 is 9.90 Å². The number of aliphatic hydroxyl groups is 1. The molecule has 0 bridgehead atoms. The highest BCUT2D eigenvalue weighted by Crippen LogP contribution is 1.95. The number of aliphatic hydroxyl groups excluding tert-OH is 1. The molecule has 0 saturated carbocycles. The lowest BCUT2D eigenvalue weighted by atomic mass is 10.3. The van der Waals surface area contributed by atoms with Gasteiger partial charge in [0.15, 0.2) is 0 Å². The van der Waals surface area contributed by atoms with Gasteiger partial charge in [-0.1, -0.05) is 6.08 Å². The minimum Gasteiger partial charge on any atom is -0.394 e. The Kier molecular flexibility index (Phi) is 4.54. The van der Waals surface area contributed by atoms with Crippen molar-refractivity contribution in [2.75, 3.05) is 13.7 Å². The van der Waals surface area contributed by atoms with Crippen LogP contribution in [-0.4, -0.2) is 35.6 Å². The molecule has 0 heterocycles. The normalized spacial score (nSPS) is 13.5. The van der Waals surface area contributed by atoms with Crippen molar-refractivity contribution >= 4 is 5.91 Å². The molecular formula is C8H15NO2. The van der Waals surface area contributed by atoms with Gasteiger partial charge in [0.05, 0.1) is 12.6 Å². The molecule has 1 unspecified atom stereocenters. The molecule has 0 saturated heterocycles. The van der Waals surface area contributed by atoms with E-state index in [0.717, 1.165) is 0 Å². The number of amides is 1. The van der Waals surface area contributed by atoms with Crippen molar-refractivity contribution in [2.24, 2.45) is 0 Å². The molecule has 0 fully saturated rings. The number of carbonyl (C=O) groups is 1. The monoisotopic (exact) mass is 157 g/mol. The lowest BCUT2D eigenvalue weighted by Crippen LogP contribution is -2.36. The standard InChI is InChI=1S/C8H15NO2/c1-4-5-8(11)9(3)7(2)6-10/h4-5,7,10H,6H2,1-3H3/b5-4+. The van der Waals surface area contributed by atoms with Gasteiger partial charge in [0, 0.05) is 7.05 Å². The lowest BCUT2D eigenvalue weighted by molar-refractivity contribution is -0.127. The van der Waals surface area contributed by atoms with E-state index in [1.807, 2.05) is 0 Å². The fraction of sp³-hybridized carbons (Fsp3) is 0.625. The first-order chi connectivity index (χ1) is 5.13. The van der Waals surface area contributed by atoms with Crippen LogP contribution < -0.4 is 0 Å². The van der Waals surface area contributed by atoms with Crippen LogP contribution in [0.25, 0.3) is 0 Å². The van der Waals surface area contributed by atoms with Crippen LogP contribution in [0, 0.1) is 0 Å². The second-order valence-corrected chi connectivity index (χ2v) is 2.48. The Bertz CT molecular complexity index is 154. The number of nitrogens with zero attached hydrogens (tertiary/aromatic N) is 1. The molecule has 0 spiro atoms. The SMILES string of the molecule is C/C=C/C(=O)N(C)C(C)CO. The lowest BCUT2D eigenvalue weighted by Gasteiger charge is -2.21. The topological polar surface area (TPSA) is 40.5 Å². The predicted octanol–water partition coefficient (Wildman–Crippen LogP) is 0.402. The minimum absolute atomic E-state index is 0.000204. The summed E-state index contributed by atoms with van der Waals surface area (Å²) in [6.45, 7) is 3.58. The molecule has 0 aromatic rings. The van der Waals surface area contributed by atoms with Crippen LogP contribution in [0.15, 0.2) is 12.2 Å². The van der Waals surface area contributed by atoms with Crippen LogP contribution in [0.3, 0.4) is 0 Å². The third kappa shape index (κ3) is 3.18. The fourth-order valence-electron chi connectivity index (χ4n) is 0.600. The smallest absolute Gasteiger partial charge is 0.246 e. The maximum Gasteiger partial charge on any atom is 0.246 e. The van der Waals surface area contributed by atoms with Gasteiger partial charge >= 0.3 is 0 Å². The van der Waals surface area contributed by atoms with Gasteiger partial charge < -0.3 is 10.0 Å². The first kappa shape index (κ1) is 10.2. The van der Waals surface area contributed by atoms with E-state index in [9.17, 15) is 4.79 Å². The maximum absolute atomic E-state index is 11.1. The first-order valence-electron chi connectivity index (χ1n) is 3.63. The average Bonchev–Trinajstić information content (AvgIpc) is 2.02. The second kappa shape index (κ2) is 4.91. The van der Waals surface area contributed by atoms with Crippen molar-refractivity contribution in [2.45, 2.75) is 19.9 Å². The van der Waals surface area contributed by atoms with Gasteiger partial charge in [-0.15, -0.1) is 0 Å². The fourth-order valence-corrected chi connectivity index (χ4v) is 0.600. The average molecular weight is 157 g/mol. The molecule has 0 radical (unpaired) electrons. The summed E-state index contributed by atoms with van der Waals surface area (Å²) in [6, 6.07) is -0.112. The highest BCUT2D eigenvalue weighted by atomic mass is 16.3. The summed E-state index contributed by atoms with van der Waals surface area (Å²) >= 11 is 0. The third-order valence-electron chi connectivity index (χ3n) is 1.58. The van der Waals surface area contributed by atoms with Gasteiger partial charge in [-0.3, -0.25) is 4.79 Å². The summed E-state index contributed by atoms with van der Waals surface area (Å²) in [4.78, 5) is 12.6. The van der Waals surface area contributed by atoms with E-state index < -0.39 is 0 Å². The van der Waals surface area contributed by atoms with E-state index >= 15 is 0 Å². The minimum atomic E-state index is -0.112. The summed E-state index contributed by atoms with van der Waals surface area (Å²) in [5, 5.41) is 8.70. The molecule has 0 aliphatic rings. The van der Waals surface area contributed by atoms with Crippen molar-refractivity contribution in [3.8, 4) is 0 Å². The first-order valence-corrected chi connectivity index (χ1v) is 3.63. The molecule has 64 valence electrons. The van der Waals surface area contributed by atoms with Crippen molar-refractivity contribution in [1.29, 1.82) is 0 Å². The Labute approximate surface area is 67.3 Å². The van der Waals surface area contributed by atoms with Crippen LogP contribution in [-0.2, 0) is 4.79 Å². The Hall–Kier alpha value is -0.830. The number of carbonyl (C=O) groups excluding carboxylic acids is 1. The molecule has 1 amide bonds. The van der Waals surface area contributed by atoms with Crippen LogP contribution in [0.5, 0.6) is 0 Å². The summed E-state index contributed by atoms with van der Waals surface area (Å²) in [5.41, 5.74) is 0. The summed E-state index contributed by atoms with van der Waals surface area (Å²) in [6.07, 6.45) is 3.16. The zero-order chi connectivity index (χ0) is 8.85. The molecule has 1 atom stereocenters. The zero-order valence-electron chi connectivity index (χ0n) is 7.24. The number of likely N-dealkylation sites (N-methyl/N-ethyl adjacent to an activating group) is 1. The van der Waals surface area contributed by atoms with Crippen molar-refractivity contribution in [3.63, 3.8) is 0 Å². The highest BCUT2D eigenvalue weighted by Gasteiger charge is 2.10. The molecule has 0 aliphatic carbocycles. The Morgan fingerprint density at radius 1 is 1.73 bits per heavy atom. The van der Waals surface area contributed by atoms with Gasteiger partial charge in [0.25, 0.3) is 0 Å².